The van der Waals surface area contributed by atoms with Crippen LogP contribution in [0.4, 0.5) is 17.6 Å². The third kappa shape index (κ3) is 2.03. The first-order valence-corrected chi connectivity index (χ1v) is 3.71. The maximum atomic E-state index is 12.2. The highest BCUT2D eigenvalue weighted by atomic mass is 19.3. The second-order valence-corrected chi connectivity index (χ2v) is 2.72. The highest BCUT2D eigenvalue weighted by Gasteiger charge is 2.28. The van der Waals surface area contributed by atoms with Gasteiger partial charge >= 0.3 is 0 Å². The fraction of sp³-hybridized carbons (Fsp3) is 0.571. The Labute approximate surface area is 77.0 Å². The van der Waals surface area contributed by atoms with Crippen molar-refractivity contribution in [3.8, 4) is 0 Å². The van der Waals surface area contributed by atoms with E-state index in [1.54, 1.807) is 0 Å². The van der Waals surface area contributed by atoms with Crippen LogP contribution in [-0.4, -0.2) is 21.3 Å². The van der Waals surface area contributed by atoms with Gasteiger partial charge in [-0.3, -0.25) is 4.68 Å². The second kappa shape index (κ2) is 3.95. The monoisotopic (exact) mass is 212 g/mol. The molecule has 1 aromatic heterocycles. The van der Waals surface area contributed by atoms with Crippen molar-refractivity contribution in [3.63, 3.8) is 0 Å². The Bertz CT molecular complexity index is 313. The zero-order valence-electron chi connectivity index (χ0n) is 7.16. The largest absolute Gasteiger partial charge is 0.382 e. The summed E-state index contributed by atoms with van der Waals surface area (Å²) in [6.07, 6.45) is -7.33. The van der Waals surface area contributed by atoms with Crippen LogP contribution in [0.3, 0.4) is 0 Å². The van der Waals surface area contributed by atoms with Crippen LogP contribution in [0.1, 0.15) is 23.8 Å². The van der Waals surface area contributed by atoms with Gasteiger partial charge in [-0.2, -0.15) is 5.10 Å². The van der Waals surface area contributed by atoms with Gasteiger partial charge in [-0.1, -0.05) is 0 Å². The van der Waals surface area contributed by atoms with E-state index in [-0.39, 0.29) is 0 Å². The van der Waals surface area contributed by atoms with E-state index in [9.17, 15) is 17.6 Å². The number of rotatable bonds is 3. The molecule has 7 heteroatoms. The summed E-state index contributed by atoms with van der Waals surface area (Å²) in [7, 11) is 1.31. The first-order valence-electron chi connectivity index (χ1n) is 3.71. The van der Waals surface area contributed by atoms with Crippen LogP contribution < -0.4 is 0 Å². The van der Waals surface area contributed by atoms with Crippen molar-refractivity contribution in [2.75, 3.05) is 0 Å². The third-order valence-corrected chi connectivity index (χ3v) is 1.65. The lowest BCUT2D eigenvalue weighted by Gasteiger charge is -2.08. The van der Waals surface area contributed by atoms with Crippen LogP contribution in [0.2, 0.25) is 0 Å². The maximum absolute atomic E-state index is 12.2. The van der Waals surface area contributed by atoms with Gasteiger partial charge in [-0.05, 0) is 0 Å². The molecule has 0 aromatic carbocycles. The molecule has 14 heavy (non-hydrogen) atoms. The van der Waals surface area contributed by atoms with Crippen molar-refractivity contribution in [2.24, 2.45) is 7.05 Å². The van der Waals surface area contributed by atoms with Gasteiger partial charge in [0.15, 0.2) is 0 Å². The van der Waals surface area contributed by atoms with Crippen LogP contribution in [0.25, 0.3) is 0 Å². The Morgan fingerprint density at radius 2 is 1.93 bits per heavy atom. The molecule has 0 amide bonds. The van der Waals surface area contributed by atoms with E-state index >= 15 is 0 Å². The molecule has 0 radical (unpaired) electrons. The molecule has 1 rings (SSSR count). The number of hydrogen-bond acceptors (Lipinski definition) is 2. The molecule has 80 valence electrons. The summed E-state index contributed by atoms with van der Waals surface area (Å²) in [5.74, 6) is 0. The van der Waals surface area contributed by atoms with Gasteiger partial charge in [-0.25, -0.2) is 17.6 Å². The molecule has 0 aliphatic carbocycles. The van der Waals surface area contributed by atoms with Crippen LogP contribution in [0.5, 0.6) is 0 Å². The average Bonchev–Trinajstić information content (AvgIpc) is 2.45. The number of aliphatic hydroxyl groups is 1. The number of aromatic nitrogens is 2. The van der Waals surface area contributed by atoms with Crippen LogP contribution in [0.15, 0.2) is 6.20 Å². The smallest absolute Gasteiger partial charge is 0.282 e. The summed E-state index contributed by atoms with van der Waals surface area (Å²) in [5, 5.41) is 12.2. The van der Waals surface area contributed by atoms with Gasteiger partial charge < -0.3 is 5.11 Å². The van der Waals surface area contributed by atoms with Gasteiger partial charge in [0.2, 0.25) is 0 Å². The molecule has 0 spiro atoms. The molecule has 1 atom stereocenters. The molecule has 0 fully saturated rings. The molecule has 0 aliphatic rings. The van der Waals surface area contributed by atoms with Crippen molar-refractivity contribution < 1.29 is 22.7 Å². The molecule has 3 nitrogen and oxygen atoms in total. The zero-order chi connectivity index (χ0) is 10.9. The molecule has 0 saturated carbocycles. The van der Waals surface area contributed by atoms with Gasteiger partial charge in [-0.15, -0.1) is 0 Å². The van der Waals surface area contributed by atoms with Crippen LogP contribution in [0, 0.1) is 0 Å². The zero-order valence-corrected chi connectivity index (χ0v) is 7.16. The van der Waals surface area contributed by atoms with Crippen molar-refractivity contribution in [2.45, 2.75) is 19.0 Å². The summed E-state index contributed by atoms with van der Waals surface area (Å²) in [6.45, 7) is 0. The van der Waals surface area contributed by atoms with Crippen LogP contribution in [-0.2, 0) is 7.05 Å². The number of halogens is 4. The van der Waals surface area contributed by atoms with Crippen molar-refractivity contribution in [3.05, 3.63) is 17.5 Å². The summed E-state index contributed by atoms with van der Waals surface area (Å²) >= 11 is 0. The van der Waals surface area contributed by atoms with Crippen LogP contribution >= 0.6 is 0 Å². The highest BCUT2D eigenvalue weighted by molar-refractivity contribution is 5.21. The summed E-state index contributed by atoms with van der Waals surface area (Å²) < 4.78 is 49.5. The Kier molecular flexibility index (Phi) is 3.10. The molecule has 0 aliphatic heterocycles. The minimum atomic E-state index is -3.10. The topological polar surface area (TPSA) is 38.0 Å². The fourth-order valence-electron chi connectivity index (χ4n) is 1.06. The Morgan fingerprint density at radius 3 is 2.36 bits per heavy atom. The van der Waals surface area contributed by atoms with E-state index in [1.165, 1.54) is 7.05 Å². The first kappa shape index (κ1) is 11.0. The Morgan fingerprint density at radius 1 is 1.36 bits per heavy atom. The lowest BCUT2D eigenvalue weighted by atomic mass is 10.1. The quantitative estimate of drug-likeness (QED) is 0.773. The minimum Gasteiger partial charge on any atom is -0.382 e. The number of alkyl halides is 4. The SMILES string of the molecule is Cn1cc(C(O)C(F)F)c(C(F)F)n1. The lowest BCUT2D eigenvalue weighted by Crippen LogP contribution is -2.09. The van der Waals surface area contributed by atoms with E-state index in [0.29, 0.717) is 0 Å². The van der Waals surface area contributed by atoms with Crippen molar-refractivity contribution in [1.82, 2.24) is 9.78 Å². The second-order valence-electron chi connectivity index (χ2n) is 2.72. The predicted octanol–water partition coefficient (Wildman–Crippen LogP) is 1.66. The molecule has 0 bridgehead atoms. The van der Waals surface area contributed by atoms with E-state index in [0.717, 1.165) is 10.9 Å². The van der Waals surface area contributed by atoms with Gasteiger partial charge in [0.25, 0.3) is 12.9 Å². The van der Waals surface area contributed by atoms with E-state index in [2.05, 4.69) is 5.10 Å². The number of aliphatic hydroxyl groups excluding tert-OH is 1. The summed E-state index contributed by atoms with van der Waals surface area (Å²) in [5.41, 5.74) is -1.34. The Hall–Kier alpha value is -1.11. The highest BCUT2D eigenvalue weighted by Crippen LogP contribution is 2.28. The predicted molar refractivity (Wildman–Crippen MR) is 39.1 cm³/mol. The molecule has 1 heterocycles. The maximum Gasteiger partial charge on any atom is 0.282 e. The first-order chi connectivity index (χ1) is 6.43. The summed E-state index contributed by atoms with van der Waals surface area (Å²) in [6, 6.07) is 0. The molecule has 1 aromatic rings. The van der Waals surface area contributed by atoms with Gasteiger partial charge in [0, 0.05) is 18.8 Å². The minimum absolute atomic E-state index is 0.530. The third-order valence-electron chi connectivity index (χ3n) is 1.65. The number of aryl methyl sites for hydroxylation is 1. The van der Waals surface area contributed by atoms with Gasteiger partial charge in [0.1, 0.15) is 11.8 Å². The molecule has 1 N–H and O–H groups in total. The average molecular weight is 212 g/mol. The molecular formula is C7H8F4N2O. The molecule has 1 unspecified atom stereocenters. The van der Waals surface area contributed by atoms with Gasteiger partial charge in [0.05, 0.1) is 0 Å². The van der Waals surface area contributed by atoms with Crippen molar-refractivity contribution in [1.29, 1.82) is 0 Å². The number of nitrogens with zero attached hydrogens (tertiary/aromatic N) is 2. The molecular weight excluding hydrogens is 204 g/mol. The standard InChI is InChI=1S/C7H8F4N2O/c1-13-2-3(5(14)7(10)11)4(12-13)6(8)9/h2,5-7,14H,1H3. The fourth-order valence-corrected chi connectivity index (χ4v) is 1.06. The normalized spacial score (nSPS) is 14.0. The summed E-state index contributed by atoms with van der Waals surface area (Å²) in [4.78, 5) is 0. The van der Waals surface area contributed by atoms with E-state index < -0.39 is 30.2 Å². The lowest BCUT2D eigenvalue weighted by molar-refractivity contribution is -0.00804. The Balaban J connectivity index is 3.06. The molecule has 0 saturated heterocycles. The number of hydrogen-bond donors (Lipinski definition) is 1. The van der Waals surface area contributed by atoms with E-state index in [1.807, 2.05) is 0 Å². The van der Waals surface area contributed by atoms with Crippen molar-refractivity contribution >= 4 is 0 Å². The van der Waals surface area contributed by atoms with E-state index in [4.69, 9.17) is 5.11 Å².